The number of thiocarbonyl (C=S) groups is 1. The minimum atomic E-state index is -0.347. The van der Waals surface area contributed by atoms with Gasteiger partial charge in [0.2, 0.25) is 0 Å². The van der Waals surface area contributed by atoms with Crippen LogP contribution in [-0.2, 0) is 0 Å². The van der Waals surface area contributed by atoms with Crippen LogP contribution < -0.4 is 15.4 Å². The summed E-state index contributed by atoms with van der Waals surface area (Å²) in [7, 11) is 1.54. The zero-order valence-corrected chi connectivity index (χ0v) is 9.73. The molecule has 0 bridgehead atoms. The van der Waals surface area contributed by atoms with E-state index in [1.807, 2.05) is 0 Å². The van der Waals surface area contributed by atoms with Crippen molar-refractivity contribution in [3.63, 3.8) is 0 Å². The first-order valence-corrected chi connectivity index (χ1v) is 5.51. The molecule has 0 unspecified atom stereocenters. The summed E-state index contributed by atoms with van der Waals surface area (Å²) >= 11 is 5.06. The summed E-state index contributed by atoms with van der Waals surface area (Å²) in [6.07, 6.45) is 2.25. The van der Waals surface area contributed by atoms with Crippen LogP contribution in [0.25, 0.3) is 0 Å². The summed E-state index contributed by atoms with van der Waals surface area (Å²) in [5, 5.41) is 6.35. The van der Waals surface area contributed by atoms with Crippen molar-refractivity contribution >= 4 is 23.0 Å². The lowest BCUT2D eigenvalue weighted by Gasteiger charge is -2.11. The first-order valence-electron chi connectivity index (χ1n) is 5.10. The number of rotatable bonds is 3. The normalized spacial score (nSPS) is 14.4. The van der Waals surface area contributed by atoms with Crippen LogP contribution >= 0.6 is 12.2 Å². The highest BCUT2D eigenvalue weighted by atomic mass is 32.1. The fourth-order valence-electron chi connectivity index (χ4n) is 1.30. The number of ether oxygens (including phenoxy) is 1. The van der Waals surface area contributed by atoms with Crippen LogP contribution in [0.1, 0.15) is 12.8 Å². The van der Waals surface area contributed by atoms with E-state index in [2.05, 4.69) is 10.6 Å². The van der Waals surface area contributed by atoms with Crippen LogP contribution in [0.5, 0.6) is 5.75 Å². The second kappa shape index (κ2) is 4.65. The average Bonchev–Trinajstić information content (AvgIpc) is 3.05. The third-order valence-electron chi connectivity index (χ3n) is 2.33. The molecule has 0 amide bonds. The number of anilines is 1. The van der Waals surface area contributed by atoms with E-state index in [0.29, 0.717) is 22.6 Å². The number of hydrogen-bond donors (Lipinski definition) is 2. The molecule has 5 heteroatoms. The van der Waals surface area contributed by atoms with E-state index in [-0.39, 0.29) is 5.82 Å². The Hall–Kier alpha value is -1.36. The van der Waals surface area contributed by atoms with E-state index < -0.39 is 0 Å². The van der Waals surface area contributed by atoms with Crippen molar-refractivity contribution < 1.29 is 9.13 Å². The summed E-state index contributed by atoms with van der Waals surface area (Å²) in [6, 6.07) is 4.95. The van der Waals surface area contributed by atoms with E-state index in [0.717, 1.165) is 12.8 Å². The van der Waals surface area contributed by atoms with Crippen molar-refractivity contribution in [3.05, 3.63) is 24.0 Å². The molecule has 2 N–H and O–H groups in total. The fraction of sp³-hybridized carbons (Fsp3) is 0.364. The Balaban J connectivity index is 2.03. The van der Waals surface area contributed by atoms with Gasteiger partial charge in [-0.2, -0.15) is 0 Å². The van der Waals surface area contributed by atoms with Crippen molar-refractivity contribution in [1.29, 1.82) is 0 Å². The van der Waals surface area contributed by atoms with E-state index in [1.54, 1.807) is 12.1 Å². The van der Waals surface area contributed by atoms with Crippen molar-refractivity contribution in [2.45, 2.75) is 18.9 Å². The molecular weight excluding hydrogens is 227 g/mol. The van der Waals surface area contributed by atoms with Crippen LogP contribution in [0, 0.1) is 5.82 Å². The molecule has 3 nitrogen and oxygen atoms in total. The Morgan fingerprint density at radius 1 is 1.50 bits per heavy atom. The quantitative estimate of drug-likeness (QED) is 0.794. The van der Waals surface area contributed by atoms with Crippen LogP contribution in [0.15, 0.2) is 18.2 Å². The number of nitrogens with one attached hydrogen (secondary N) is 2. The van der Waals surface area contributed by atoms with Gasteiger partial charge in [-0.15, -0.1) is 0 Å². The molecule has 16 heavy (non-hydrogen) atoms. The molecule has 1 fully saturated rings. The molecule has 0 heterocycles. The predicted octanol–water partition coefficient (Wildman–Crippen LogP) is 2.28. The zero-order chi connectivity index (χ0) is 11.5. The Kier molecular flexibility index (Phi) is 3.24. The standard InChI is InChI=1S/C11H13FN2OS/c1-15-8-4-5-9(12)10(6-8)14-11(16)13-7-2-3-7/h4-7H,2-3H2,1H3,(H2,13,14,16). The van der Waals surface area contributed by atoms with Crippen LogP contribution in [0.3, 0.4) is 0 Å². The molecule has 0 radical (unpaired) electrons. The first-order chi connectivity index (χ1) is 7.69. The second-order valence-corrected chi connectivity index (χ2v) is 4.13. The zero-order valence-electron chi connectivity index (χ0n) is 8.92. The molecule has 1 aliphatic carbocycles. The van der Waals surface area contributed by atoms with Gasteiger partial charge < -0.3 is 15.4 Å². The second-order valence-electron chi connectivity index (χ2n) is 3.72. The topological polar surface area (TPSA) is 33.3 Å². The molecule has 1 aliphatic rings. The van der Waals surface area contributed by atoms with Crippen molar-refractivity contribution in [2.24, 2.45) is 0 Å². The lowest BCUT2D eigenvalue weighted by Crippen LogP contribution is -2.30. The number of halogens is 1. The first kappa shape index (κ1) is 11.1. The number of benzene rings is 1. The van der Waals surface area contributed by atoms with Gasteiger partial charge in [0.15, 0.2) is 5.11 Å². The van der Waals surface area contributed by atoms with Gasteiger partial charge in [0.25, 0.3) is 0 Å². The van der Waals surface area contributed by atoms with Gasteiger partial charge in [-0.25, -0.2) is 4.39 Å². The number of hydrogen-bond acceptors (Lipinski definition) is 2. The summed E-state index contributed by atoms with van der Waals surface area (Å²) < 4.78 is 18.4. The fourth-order valence-corrected chi connectivity index (χ4v) is 1.58. The van der Waals surface area contributed by atoms with Crippen LogP contribution in [-0.4, -0.2) is 18.3 Å². The highest BCUT2D eigenvalue weighted by molar-refractivity contribution is 7.80. The molecule has 1 aromatic rings. The van der Waals surface area contributed by atoms with Crippen molar-refractivity contribution in [3.8, 4) is 5.75 Å². The van der Waals surface area contributed by atoms with E-state index in [9.17, 15) is 4.39 Å². The maximum atomic E-state index is 13.4. The molecule has 2 rings (SSSR count). The van der Waals surface area contributed by atoms with Crippen LogP contribution in [0.2, 0.25) is 0 Å². The van der Waals surface area contributed by atoms with E-state index in [4.69, 9.17) is 17.0 Å². The summed E-state index contributed by atoms with van der Waals surface area (Å²) in [6.45, 7) is 0. The summed E-state index contributed by atoms with van der Waals surface area (Å²) in [4.78, 5) is 0. The maximum absolute atomic E-state index is 13.4. The number of methoxy groups -OCH3 is 1. The SMILES string of the molecule is COc1ccc(F)c(NC(=S)NC2CC2)c1. The Morgan fingerprint density at radius 3 is 2.88 bits per heavy atom. The Morgan fingerprint density at radius 2 is 2.25 bits per heavy atom. The van der Waals surface area contributed by atoms with Crippen LogP contribution in [0.4, 0.5) is 10.1 Å². The Labute approximate surface area is 99.0 Å². The molecule has 0 spiro atoms. The summed E-state index contributed by atoms with van der Waals surface area (Å²) in [5.41, 5.74) is 0.331. The van der Waals surface area contributed by atoms with Gasteiger partial charge in [-0.1, -0.05) is 0 Å². The molecule has 1 aromatic carbocycles. The lowest BCUT2D eigenvalue weighted by molar-refractivity contribution is 0.414. The molecule has 86 valence electrons. The van der Waals surface area contributed by atoms with Gasteiger partial charge in [0, 0.05) is 12.1 Å². The van der Waals surface area contributed by atoms with Crippen molar-refractivity contribution in [2.75, 3.05) is 12.4 Å². The third-order valence-corrected chi connectivity index (χ3v) is 2.55. The monoisotopic (exact) mass is 240 g/mol. The molecule has 0 atom stereocenters. The average molecular weight is 240 g/mol. The molecule has 0 aromatic heterocycles. The van der Waals surface area contributed by atoms with Gasteiger partial charge in [-0.05, 0) is 37.2 Å². The molecular formula is C11H13FN2OS. The van der Waals surface area contributed by atoms with Gasteiger partial charge >= 0.3 is 0 Å². The summed E-state index contributed by atoms with van der Waals surface area (Å²) in [5.74, 6) is 0.249. The van der Waals surface area contributed by atoms with E-state index in [1.165, 1.54) is 13.2 Å². The highest BCUT2D eigenvalue weighted by Gasteiger charge is 2.22. The smallest absolute Gasteiger partial charge is 0.171 e. The van der Waals surface area contributed by atoms with E-state index >= 15 is 0 Å². The Bertz CT molecular complexity index is 407. The van der Waals surface area contributed by atoms with Gasteiger partial charge in [0.1, 0.15) is 11.6 Å². The third kappa shape index (κ3) is 2.82. The predicted molar refractivity (Wildman–Crippen MR) is 65.3 cm³/mol. The largest absolute Gasteiger partial charge is 0.497 e. The molecule has 0 aliphatic heterocycles. The highest BCUT2D eigenvalue weighted by Crippen LogP contribution is 2.22. The minimum absolute atomic E-state index is 0.331. The van der Waals surface area contributed by atoms with Gasteiger partial charge in [-0.3, -0.25) is 0 Å². The minimum Gasteiger partial charge on any atom is -0.497 e. The van der Waals surface area contributed by atoms with Crippen molar-refractivity contribution in [1.82, 2.24) is 5.32 Å². The molecule has 1 saturated carbocycles. The maximum Gasteiger partial charge on any atom is 0.171 e. The molecule has 0 saturated heterocycles. The lowest BCUT2D eigenvalue weighted by atomic mass is 10.3. The van der Waals surface area contributed by atoms with Gasteiger partial charge in [0.05, 0.1) is 12.8 Å².